The third-order valence-electron chi connectivity index (χ3n) is 2.82. The van der Waals surface area contributed by atoms with E-state index in [0.717, 1.165) is 0 Å². The zero-order valence-electron chi connectivity index (χ0n) is 9.80. The third kappa shape index (κ3) is 3.69. The van der Waals surface area contributed by atoms with Gasteiger partial charge >= 0.3 is 6.03 Å². The van der Waals surface area contributed by atoms with Gasteiger partial charge < -0.3 is 10.6 Å². The molecule has 0 spiro atoms. The number of aromatic nitrogens is 1. The Kier molecular flexibility index (Phi) is 3.81. The number of nitrogens with one attached hydrogen (secondary N) is 2. The molecule has 1 fully saturated rings. The number of carbonyl (C=O) groups excluding carboxylic acids is 1. The third-order valence-corrected chi connectivity index (χ3v) is 4.65. The number of urea groups is 1. The van der Waals surface area contributed by atoms with Crippen LogP contribution in [0.25, 0.3) is 0 Å². The first kappa shape index (κ1) is 12.8. The number of rotatable bonds is 3. The molecule has 1 atom stereocenters. The molecule has 1 aromatic heterocycles. The Bertz CT molecular complexity index is 516. The van der Waals surface area contributed by atoms with E-state index >= 15 is 0 Å². The van der Waals surface area contributed by atoms with E-state index in [1.165, 1.54) is 0 Å². The molecular weight excluding hydrogens is 254 g/mol. The Morgan fingerprint density at radius 2 is 2.11 bits per heavy atom. The monoisotopic (exact) mass is 269 g/mol. The van der Waals surface area contributed by atoms with E-state index in [1.54, 1.807) is 24.5 Å². The Balaban J connectivity index is 1.76. The van der Waals surface area contributed by atoms with E-state index < -0.39 is 9.84 Å². The fraction of sp³-hybridized carbons (Fsp3) is 0.455. The van der Waals surface area contributed by atoms with Crippen molar-refractivity contribution in [3.05, 3.63) is 24.5 Å². The summed E-state index contributed by atoms with van der Waals surface area (Å²) in [6.45, 7) is 0.385. The van der Waals surface area contributed by atoms with Gasteiger partial charge in [0, 0.05) is 24.6 Å². The van der Waals surface area contributed by atoms with Crippen LogP contribution in [0, 0.1) is 5.92 Å². The molecular formula is C11H15N3O3S. The second-order valence-corrected chi connectivity index (χ2v) is 6.57. The van der Waals surface area contributed by atoms with E-state index in [4.69, 9.17) is 0 Å². The van der Waals surface area contributed by atoms with Crippen molar-refractivity contribution in [2.24, 2.45) is 5.92 Å². The number of nitrogens with zero attached hydrogens (tertiary/aromatic N) is 1. The molecule has 98 valence electrons. The molecule has 0 bridgehead atoms. The molecule has 0 unspecified atom stereocenters. The maximum atomic E-state index is 11.5. The number of amides is 2. The molecule has 1 aliphatic rings. The van der Waals surface area contributed by atoms with Crippen molar-refractivity contribution in [2.45, 2.75) is 6.42 Å². The van der Waals surface area contributed by atoms with Crippen LogP contribution in [0.4, 0.5) is 10.5 Å². The summed E-state index contributed by atoms with van der Waals surface area (Å²) in [6.07, 6.45) is 3.79. The lowest BCUT2D eigenvalue weighted by atomic mass is 10.1. The molecule has 18 heavy (non-hydrogen) atoms. The summed E-state index contributed by atoms with van der Waals surface area (Å²) >= 11 is 0. The number of pyridine rings is 1. The fourth-order valence-electron chi connectivity index (χ4n) is 1.88. The highest BCUT2D eigenvalue weighted by atomic mass is 32.2. The van der Waals surface area contributed by atoms with Crippen molar-refractivity contribution in [3.8, 4) is 0 Å². The van der Waals surface area contributed by atoms with Gasteiger partial charge in [0.25, 0.3) is 0 Å². The minimum Gasteiger partial charge on any atom is -0.338 e. The van der Waals surface area contributed by atoms with Gasteiger partial charge in [0.1, 0.15) is 0 Å². The number of hydrogen-bond donors (Lipinski definition) is 2. The quantitative estimate of drug-likeness (QED) is 0.842. The lowest BCUT2D eigenvalue weighted by Crippen LogP contribution is -2.33. The van der Waals surface area contributed by atoms with Crippen LogP contribution in [-0.4, -0.2) is 37.5 Å². The van der Waals surface area contributed by atoms with Crippen LogP contribution in [0.2, 0.25) is 0 Å². The first-order valence-corrected chi connectivity index (χ1v) is 7.52. The molecule has 0 saturated carbocycles. The predicted octanol–water partition coefficient (Wildman–Crippen LogP) is 0.638. The smallest absolute Gasteiger partial charge is 0.319 e. The molecule has 7 heteroatoms. The van der Waals surface area contributed by atoms with Gasteiger partial charge in [-0.15, -0.1) is 0 Å². The lowest BCUT2D eigenvalue weighted by molar-refractivity contribution is 0.250. The summed E-state index contributed by atoms with van der Waals surface area (Å²) in [5, 5.41) is 5.32. The van der Waals surface area contributed by atoms with Crippen molar-refractivity contribution in [3.63, 3.8) is 0 Å². The highest BCUT2D eigenvalue weighted by Crippen LogP contribution is 2.17. The normalized spacial score (nSPS) is 21.4. The molecule has 0 radical (unpaired) electrons. The molecule has 0 aromatic carbocycles. The topological polar surface area (TPSA) is 88.2 Å². The Morgan fingerprint density at radius 1 is 1.39 bits per heavy atom. The van der Waals surface area contributed by atoms with E-state index in [0.29, 0.717) is 18.7 Å². The summed E-state index contributed by atoms with van der Waals surface area (Å²) in [4.78, 5) is 15.4. The minimum absolute atomic E-state index is 0.0261. The Hall–Kier alpha value is -1.63. The summed E-state index contributed by atoms with van der Waals surface area (Å²) in [5.41, 5.74) is 0.654. The van der Waals surface area contributed by atoms with Crippen molar-refractivity contribution < 1.29 is 13.2 Å². The molecule has 2 rings (SSSR count). The van der Waals surface area contributed by atoms with Crippen LogP contribution in [0.5, 0.6) is 0 Å². The van der Waals surface area contributed by atoms with Crippen LogP contribution in [0.15, 0.2) is 24.5 Å². The van der Waals surface area contributed by atoms with Gasteiger partial charge in [0.2, 0.25) is 0 Å². The first-order chi connectivity index (χ1) is 8.55. The highest BCUT2D eigenvalue weighted by molar-refractivity contribution is 7.91. The summed E-state index contributed by atoms with van der Waals surface area (Å²) in [7, 11) is -2.88. The summed E-state index contributed by atoms with van der Waals surface area (Å²) < 4.78 is 22.5. The lowest BCUT2D eigenvalue weighted by Gasteiger charge is -2.10. The first-order valence-electron chi connectivity index (χ1n) is 5.70. The van der Waals surface area contributed by atoms with Crippen LogP contribution in [-0.2, 0) is 9.84 Å². The van der Waals surface area contributed by atoms with E-state index in [1.807, 2.05) is 0 Å². The fourth-order valence-corrected chi connectivity index (χ4v) is 3.74. The molecule has 6 nitrogen and oxygen atoms in total. The predicted molar refractivity (Wildman–Crippen MR) is 68.0 cm³/mol. The van der Waals surface area contributed by atoms with Crippen LogP contribution < -0.4 is 10.6 Å². The average Bonchev–Trinajstić information content (AvgIpc) is 2.68. The van der Waals surface area contributed by atoms with E-state index in [-0.39, 0.29) is 23.5 Å². The second kappa shape index (κ2) is 5.34. The zero-order valence-corrected chi connectivity index (χ0v) is 10.6. The molecule has 0 aliphatic carbocycles. The van der Waals surface area contributed by atoms with Gasteiger partial charge in [-0.1, -0.05) is 0 Å². The minimum atomic E-state index is -2.88. The average molecular weight is 269 g/mol. The number of carbonyl (C=O) groups is 1. The van der Waals surface area contributed by atoms with Gasteiger partial charge in [0.05, 0.1) is 11.5 Å². The van der Waals surface area contributed by atoms with Crippen LogP contribution in [0.1, 0.15) is 6.42 Å². The van der Waals surface area contributed by atoms with Gasteiger partial charge in [0.15, 0.2) is 9.84 Å². The number of sulfone groups is 1. The van der Waals surface area contributed by atoms with Crippen molar-refractivity contribution in [1.82, 2.24) is 10.3 Å². The SMILES string of the molecule is O=C(NC[C@H]1CCS(=O)(=O)C1)Nc1ccncc1. The van der Waals surface area contributed by atoms with Crippen molar-refractivity contribution in [2.75, 3.05) is 23.4 Å². The molecule has 2 amide bonds. The molecule has 2 N–H and O–H groups in total. The second-order valence-electron chi connectivity index (χ2n) is 4.34. The highest BCUT2D eigenvalue weighted by Gasteiger charge is 2.27. The van der Waals surface area contributed by atoms with Crippen molar-refractivity contribution >= 4 is 21.6 Å². The molecule has 2 heterocycles. The molecule has 1 aliphatic heterocycles. The Morgan fingerprint density at radius 3 is 2.72 bits per heavy atom. The molecule has 1 aromatic rings. The van der Waals surface area contributed by atoms with Gasteiger partial charge in [-0.2, -0.15) is 0 Å². The molecule has 1 saturated heterocycles. The summed E-state index contributed by atoms with van der Waals surface area (Å²) in [6, 6.07) is 3.03. The van der Waals surface area contributed by atoms with Crippen LogP contribution in [0.3, 0.4) is 0 Å². The zero-order chi connectivity index (χ0) is 13.0. The Labute approximate surface area is 106 Å². The van der Waals surface area contributed by atoms with Gasteiger partial charge in [-0.05, 0) is 24.5 Å². The van der Waals surface area contributed by atoms with E-state index in [9.17, 15) is 13.2 Å². The number of anilines is 1. The maximum Gasteiger partial charge on any atom is 0.319 e. The van der Waals surface area contributed by atoms with Crippen molar-refractivity contribution in [1.29, 1.82) is 0 Å². The van der Waals surface area contributed by atoms with Crippen LogP contribution >= 0.6 is 0 Å². The maximum absolute atomic E-state index is 11.5. The largest absolute Gasteiger partial charge is 0.338 e. The standard InChI is InChI=1S/C11H15N3O3S/c15-11(14-10-1-4-12-5-2-10)13-7-9-3-6-18(16,17)8-9/h1-2,4-5,9H,3,6-8H2,(H2,12,13,14,15)/t9-/m1/s1. The van der Waals surface area contributed by atoms with Gasteiger partial charge in [-0.25, -0.2) is 13.2 Å². The number of hydrogen-bond acceptors (Lipinski definition) is 4. The summed E-state index contributed by atoms with van der Waals surface area (Å²) in [5.74, 6) is 0.423. The van der Waals surface area contributed by atoms with E-state index in [2.05, 4.69) is 15.6 Å². The van der Waals surface area contributed by atoms with Gasteiger partial charge in [-0.3, -0.25) is 4.98 Å².